The normalized spacial score (nSPS) is 13.2. The molecule has 0 aliphatic heterocycles. The Morgan fingerprint density at radius 1 is 1.65 bits per heavy atom. The van der Waals surface area contributed by atoms with Crippen molar-refractivity contribution in [1.82, 2.24) is 4.98 Å². The number of thiazole rings is 1. The summed E-state index contributed by atoms with van der Waals surface area (Å²) in [5.41, 5.74) is 1.07. The van der Waals surface area contributed by atoms with Gasteiger partial charge in [0.2, 0.25) is 0 Å². The van der Waals surface area contributed by atoms with Crippen molar-refractivity contribution in [3.8, 4) is 0 Å². The van der Waals surface area contributed by atoms with Crippen LogP contribution in [0.15, 0.2) is 10.9 Å². The van der Waals surface area contributed by atoms with Crippen LogP contribution in [0.25, 0.3) is 0 Å². The lowest BCUT2D eigenvalue weighted by atomic mass is 10.2. The maximum Gasteiger partial charge on any atom is 0.416 e. The number of carbonyl (C=O) groups excluding carboxylic acids is 1. The molecule has 1 rings (SSSR count). The molecule has 6 heteroatoms. The standard InChI is InChI=1S/C11H18N2O3S/c1-8(5-14)13(9-6-17-7-12-9)10(15)16-11(2,3)4/h6-8,14H,5H2,1-4H3. The van der Waals surface area contributed by atoms with Crippen molar-refractivity contribution in [2.45, 2.75) is 39.3 Å². The quantitative estimate of drug-likeness (QED) is 0.903. The largest absolute Gasteiger partial charge is 0.443 e. The van der Waals surface area contributed by atoms with E-state index in [9.17, 15) is 9.90 Å². The molecule has 0 spiro atoms. The summed E-state index contributed by atoms with van der Waals surface area (Å²) in [6.45, 7) is 7.00. The van der Waals surface area contributed by atoms with Crippen LogP contribution in [0, 0.1) is 0 Å². The Labute approximate surface area is 105 Å². The number of ether oxygens (including phenoxy) is 1. The minimum atomic E-state index is -0.569. The maximum atomic E-state index is 12.0. The molecule has 1 aromatic heterocycles. The smallest absolute Gasteiger partial charge is 0.416 e. The molecule has 0 fully saturated rings. The first-order valence-electron chi connectivity index (χ1n) is 5.36. The molecule has 1 atom stereocenters. The zero-order valence-electron chi connectivity index (χ0n) is 10.5. The van der Waals surface area contributed by atoms with E-state index in [1.807, 2.05) is 0 Å². The third kappa shape index (κ3) is 3.98. The molecule has 1 amide bonds. The zero-order chi connectivity index (χ0) is 13.1. The lowest BCUT2D eigenvalue weighted by Crippen LogP contribution is -2.44. The van der Waals surface area contributed by atoms with Gasteiger partial charge in [0.25, 0.3) is 0 Å². The summed E-state index contributed by atoms with van der Waals surface area (Å²) >= 11 is 1.39. The molecular weight excluding hydrogens is 240 g/mol. The Morgan fingerprint density at radius 2 is 2.29 bits per heavy atom. The number of nitrogens with zero attached hydrogens (tertiary/aromatic N) is 2. The Morgan fingerprint density at radius 3 is 2.71 bits per heavy atom. The van der Waals surface area contributed by atoms with Gasteiger partial charge in [0.1, 0.15) is 11.4 Å². The fourth-order valence-corrected chi connectivity index (χ4v) is 1.74. The van der Waals surface area contributed by atoms with E-state index in [2.05, 4.69) is 4.98 Å². The van der Waals surface area contributed by atoms with Gasteiger partial charge in [0.05, 0.1) is 18.2 Å². The fraction of sp³-hybridized carbons (Fsp3) is 0.636. The molecule has 1 aromatic rings. The number of hydrogen-bond donors (Lipinski definition) is 1. The number of hydrogen-bond acceptors (Lipinski definition) is 5. The van der Waals surface area contributed by atoms with Crippen LogP contribution in [0.2, 0.25) is 0 Å². The van der Waals surface area contributed by atoms with Crippen LogP contribution >= 0.6 is 11.3 Å². The molecule has 5 nitrogen and oxygen atoms in total. The molecule has 0 saturated heterocycles. The van der Waals surface area contributed by atoms with Crippen LogP contribution in [0.1, 0.15) is 27.7 Å². The number of aliphatic hydroxyl groups is 1. The van der Waals surface area contributed by atoms with E-state index in [-0.39, 0.29) is 12.6 Å². The lowest BCUT2D eigenvalue weighted by Gasteiger charge is -2.29. The molecular formula is C11H18N2O3S. The van der Waals surface area contributed by atoms with Crippen molar-refractivity contribution in [3.63, 3.8) is 0 Å². The number of anilines is 1. The fourth-order valence-electron chi connectivity index (χ4n) is 1.22. The summed E-state index contributed by atoms with van der Waals surface area (Å²) in [6, 6.07) is -0.369. The summed E-state index contributed by atoms with van der Waals surface area (Å²) in [5, 5.41) is 10.9. The second kappa shape index (κ2) is 5.46. The van der Waals surface area contributed by atoms with Crippen molar-refractivity contribution in [1.29, 1.82) is 0 Å². The number of rotatable bonds is 3. The van der Waals surface area contributed by atoms with E-state index in [0.717, 1.165) is 0 Å². The summed E-state index contributed by atoms with van der Waals surface area (Å²) in [6.07, 6.45) is -0.495. The molecule has 1 heterocycles. The molecule has 1 N–H and O–H groups in total. The highest BCUT2D eigenvalue weighted by atomic mass is 32.1. The molecule has 0 saturated carbocycles. The van der Waals surface area contributed by atoms with Crippen molar-refractivity contribution < 1.29 is 14.6 Å². The Kier molecular flexibility index (Phi) is 4.47. The highest BCUT2D eigenvalue weighted by molar-refractivity contribution is 7.07. The number of amides is 1. The molecule has 96 valence electrons. The summed E-state index contributed by atoms with van der Waals surface area (Å²) in [7, 11) is 0. The third-order valence-electron chi connectivity index (χ3n) is 1.96. The number of aromatic nitrogens is 1. The van der Waals surface area contributed by atoms with Crippen molar-refractivity contribution in [3.05, 3.63) is 10.9 Å². The Balaban J connectivity index is 2.88. The minimum absolute atomic E-state index is 0.142. The predicted molar refractivity (Wildman–Crippen MR) is 67.4 cm³/mol. The first-order chi connectivity index (χ1) is 7.85. The second-order valence-electron chi connectivity index (χ2n) is 4.73. The third-order valence-corrected chi connectivity index (χ3v) is 2.54. The minimum Gasteiger partial charge on any atom is -0.443 e. The van der Waals surface area contributed by atoms with Crippen LogP contribution in [-0.2, 0) is 4.74 Å². The van der Waals surface area contributed by atoms with E-state index in [4.69, 9.17) is 4.74 Å². The van der Waals surface area contributed by atoms with Crippen molar-refractivity contribution in [2.24, 2.45) is 0 Å². The average Bonchev–Trinajstić information content (AvgIpc) is 2.68. The van der Waals surface area contributed by atoms with Crippen LogP contribution in [-0.4, -0.2) is 34.4 Å². The van der Waals surface area contributed by atoms with E-state index in [1.54, 1.807) is 38.6 Å². The van der Waals surface area contributed by atoms with Gasteiger partial charge in [0, 0.05) is 5.38 Å². The van der Waals surface area contributed by atoms with Crippen molar-refractivity contribution in [2.75, 3.05) is 11.5 Å². The molecule has 17 heavy (non-hydrogen) atoms. The number of carbonyl (C=O) groups is 1. The average molecular weight is 258 g/mol. The SMILES string of the molecule is CC(CO)N(C(=O)OC(C)(C)C)c1cscn1. The highest BCUT2D eigenvalue weighted by Gasteiger charge is 2.28. The first kappa shape index (κ1) is 13.9. The first-order valence-corrected chi connectivity index (χ1v) is 6.30. The zero-order valence-corrected chi connectivity index (χ0v) is 11.3. The van der Waals surface area contributed by atoms with Crippen LogP contribution in [0.4, 0.5) is 10.6 Å². The highest BCUT2D eigenvalue weighted by Crippen LogP contribution is 2.20. The monoisotopic (exact) mass is 258 g/mol. The number of aliphatic hydroxyl groups excluding tert-OH is 1. The van der Waals surface area contributed by atoms with Gasteiger partial charge in [0.15, 0.2) is 0 Å². The van der Waals surface area contributed by atoms with E-state index >= 15 is 0 Å². The van der Waals surface area contributed by atoms with Crippen LogP contribution in [0.5, 0.6) is 0 Å². The van der Waals surface area contributed by atoms with Crippen molar-refractivity contribution >= 4 is 23.2 Å². The van der Waals surface area contributed by atoms with Gasteiger partial charge in [-0.15, -0.1) is 11.3 Å². The van der Waals surface area contributed by atoms with Gasteiger partial charge in [-0.05, 0) is 27.7 Å². The van der Waals surface area contributed by atoms with E-state index < -0.39 is 11.7 Å². The van der Waals surface area contributed by atoms with Gasteiger partial charge in [-0.2, -0.15) is 0 Å². The topological polar surface area (TPSA) is 62.7 Å². The van der Waals surface area contributed by atoms with E-state index in [1.165, 1.54) is 16.2 Å². The molecule has 0 bridgehead atoms. The van der Waals surface area contributed by atoms with Gasteiger partial charge in [-0.1, -0.05) is 0 Å². The molecule has 0 radical (unpaired) electrons. The molecule has 0 aliphatic rings. The Bertz CT molecular complexity index is 359. The maximum absolute atomic E-state index is 12.0. The van der Waals surface area contributed by atoms with Crippen LogP contribution in [0.3, 0.4) is 0 Å². The summed E-state index contributed by atoms with van der Waals surface area (Å²) < 4.78 is 5.29. The predicted octanol–water partition coefficient (Wildman–Crippen LogP) is 2.27. The Hall–Kier alpha value is -1.14. The summed E-state index contributed by atoms with van der Waals surface area (Å²) in [5.74, 6) is 0.505. The molecule has 0 aromatic carbocycles. The lowest BCUT2D eigenvalue weighted by molar-refractivity contribution is 0.0554. The second-order valence-corrected chi connectivity index (χ2v) is 5.45. The summed E-state index contributed by atoms with van der Waals surface area (Å²) in [4.78, 5) is 17.4. The van der Waals surface area contributed by atoms with Gasteiger partial charge in [-0.25, -0.2) is 9.78 Å². The van der Waals surface area contributed by atoms with Crippen LogP contribution < -0.4 is 4.90 Å². The van der Waals surface area contributed by atoms with Gasteiger partial charge in [-0.3, -0.25) is 4.90 Å². The van der Waals surface area contributed by atoms with E-state index in [0.29, 0.717) is 5.82 Å². The van der Waals surface area contributed by atoms with Gasteiger partial charge >= 0.3 is 6.09 Å². The van der Waals surface area contributed by atoms with Gasteiger partial charge < -0.3 is 9.84 Å². The molecule has 1 unspecified atom stereocenters. The molecule has 0 aliphatic carbocycles.